The second-order valence-electron chi connectivity index (χ2n) is 5.00. The molecule has 0 aromatic carbocycles. The van der Waals surface area contributed by atoms with Crippen molar-refractivity contribution in [2.45, 2.75) is 39.7 Å². The molecule has 3 nitrogen and oxygen atoms in total. The van der Waals surface area contributed by atoms with Crippen LogP contribution in [0.1, 0.15) is 33.6 Å². The van der Waals surface area contributed by atoms with Gasteiger partial charge in [-0.05, 0) is 12.8 Å². The fourth-order valence-electron chi connectivity index (χ4n) is 1.90. The molecule has 1 amide bonds. The van der Waals surface area contributed by atoms with Crippen LogP contribution in [0.5, 0.6) is 0 Å². The molecule has 0 radical (unpaired) electrons. The first-order chi connectivity index (χ1) is 6.46. The minimum Gasteiger partial charge on any atom is -0.383 e. The van der Waals surface area contributed by atoms with E-state index in [2.05, 4.69) is 0 Å². The number of hydrogen-bond donors (Lipinski definition) is 0. The lowest BCUT2D eigenvalue weighted by Gasteiger charge is -2.30. The van der Waals surface area contributed by atoms with E-state index in [9.17, 15) is 4.79 Å². The zero-order valence-electron chi connectivity index (χ0n) is 9.67. The number of likely N-dealkylation sites (tertiary alicyclic amines) is 1. The number of hydrogen-bond acceptors (Lipinski definition) is 2. The molecule has 0 unspecified atom stereocenters. The molecule has 0 spiro atoms. The van der Waals surface area contributed by atoms with Crippen LogP contribution < -0.4 is 0 Å². The Bertz CT molecular complexity index is 208. The number of methoxy groups -OCH3 is 1. The third-order valence-electron chi connectivity index (χ3n) is 2.64. The normalized spacial score (nSPS) is 22.9. The van der Waals surface area contributed by atoms with Gasteiger partial charge in [0.25, 0.3) is 0 Å². The molecule has 1 aliphatic rings. The highest BCUT2D eigenvalue weighted by Crippen LogP contribution is 2.25. The predicted molar refractivity (Wildman–Crippen MR) is 56.1 cm³/mol. The van der Waals surface area contributed by atoms with Crippen LogP contribution in [0, 0.1) is 5.41 Å². The van der Waals surface area contributed by atoms with Crippen LogP contribution in [0.4, 0.5) is 0 Å². The summed E-state index contributed by atoms with van der Waals surface area (Å²) in [6.45, 7) is 7.47. The number of carbonyl (C=O) groups excluding carboxylic acids is 1. The first kappa shape index (κ1) is 11.5. The van der Waals surface area contributed by atoms with Crippen molar-refractivity contribution in [3.05, 3.63) is 0 Å². The third-order valence-corrected chi connectivity index (χ3v) is 2.64. The number of nitrogens with zero attached hydrogens (tertiary/aromatic N) is 1. The van der Waals surface area contributed by atoms with Gasteiger partial charge in [0.1, 0.15) is 0 Å². The van der Waals surface area contributed by atoms with E-state index in [1.54, 1.807) is 7.11 Å². The van der Waals surface area contributed by atoms with Gasteiger partial charge in [0, 0.05) is 19.1 Å². The Morgan fingerprint density at radius 2 is 2.14 bits per heavy atom. The predicted octanol–water partition coefficient (Wildman–Crippen LogP) is 1.67. The van der Waals surface area contributed by atoms with Gasteiger partial charge in [-0.3, -0.25) is 4.79 Å². The standard InChI is InChI=1S/C11H21NO2/c1-11(2,3)10(13)12-7-5-6-9(12)8-14-4/h9H,5-8H2,1-4H3/t9-/m0/s1. The quantitative estimate of drug-likeness (QED) is 0.677. The molecule has 0 aliphatic carbocycles. The molecular formula is C11H21NO2. The Balaban J connectivity index is 2.62. The third kappa shape index (κ3) is 2.47. The molecule has 0 saturated carbocycles. The maximum atomic E-state index is 12.0. The molecule has 1 aliphatic heterocycles. The van der Waals surface area contributed by atoms with Crippen molar-refractivity contribution in [3.63, 3.8) is 0 Å². The average molecular weight is 199 g/mol. The molecule has 1 rings (SSSR count). The number of amides is 1. The molecule has 1 fully saturated rings. The van der Waals surface area contributed by atoms with Gasteiger partial charge in [0.2, 0.25) is 5.91 Å². The van der Waals surface area contributed by atoms with Crippen LogP contribution >= 0.6 is 0 Å². The maximum Gasteiger partial charge on any atom is 0.228 e. The smallest absolute Gasteiger partial charge is 0.228 e. The first-order valence-corrected chi connectivity index (χ1v) is 5.27. The van der Waals surface area contributed by atoms with E-state index in [0.29, 0.717) is 12.6 Å². The Morgan fingerprint density at radius 3 is 2.64 bits per heavy atom. The monoisotopic (exact) mass is 199 g/mol. The summed E-state index contributed by atoms with van der Waals surface area (Å²) >= 11 is 0. The molecule has 0 aromatic rings. The van der Waals surface area contributed by atoms with Gasteiger partial charge in [-0.2, -0.15) is 0 Å². The van der Waals surface area contributed by atoms with E-state index in [1.165, 1.54) is 0 Å². The Kier molecular flexibility index (Phi) is 3.53. The Morgan fingerprint density at radius 1 is 1.50 bits per heavy atom. The second kappa shape index (κ2) is 4.30. The zero-order chi connectivity index (χ0) is 10.8. The molecule has 0 N–H and O–H groups in total. The lowest BCUT2D eigenvalue weighted by Crippen LogP contribution is -2.44. The van der Waals surface area contributed by atoms with Crippen molar-refractivity contribution < 1.29 is 9.53 Å². The van der Waals surface area contributed by atoms with Crippen molar-refractivity contribution in [1.82, 2.24) is 4.90 Å². The fourth-order valence-corrected chi connectivity index (χ4v) is 1.90. The summed E-state index contributed by atoms with van der Waals surface area (Å²) in [5.74, 6) is 0.247. The zero-order valence-corrected chi connectivity index (χ0v) is 9.67. The summed E-state index contributed by atoms with van der Waals surface area (Å²) in [6, 6.07) is 0.298. The summed E-state index contributed by atoms with van der Waals surface area (Å²) in [4.78, 5) is 14.0. The van der Waals surface area contributed by atoms with Crippen molar-refractivity contribution in [1.29, 1.82) is 0 Å². The van der Waals surface area contributed by atoms with Gasteiger partial charge >= 0.3 is 0 Å². The summed E-state index contributed by atoms with van der Waals surface area (Å²) < 4.78 is 5.12. The highest BCUT2D eigenvalue weighted by Gasteiger charge is 2.34. The molecule has 0 aromatic heterocycles. The summed E-state index contributed by atoms with van der Waals surface area (Å²) in [5, 5.41) is 0. The first-order valence-electron chi connectivity index (χ1n) is 5.27. The fraction of sp³-hybridized carbons (Fsp3) is 0.909. The topological polar surface area (TPSA) is 29.5 Å². The van der Waals surface area contributed by atoms with Gasteiger partial charge in [-0.1, -0.05) is 20.8 Å². The summed E-state index contributed by atoms with van der Waals surface area (Å²) in [5.41, 5.74) is -0.268. The van der Waals surface area contributed by atoms with Crippen LogP contribution in [0.3, 0.4) is 0 Å². The SMILES string of the molecule is COC[C@@H]1CCCN1C(=O)C(C)(C)C. The number of rotatable bonds is 2. The van der Waals surface area contributed by atoms with Crippen LogP contribution in [0.25, 0.3) is 0 Å². The van der Waals surface area contributed by atoms with Gasteiger partial charge in [0.15, 0.2) is 0 Å². The van der Waals surface area contributed by atoms with Gasteiger partial charge < -0.3 is 9.64 Å². The lowest BCUT2D eigenvalue weighted by atomic mass is 9.94. The van der Waals surface area contributed by atoms with E-state index in [4.69, 9.17) is 4.74 Å². The van der Waals surface area contributed by atoms with Crippen molar-refractivity contribution in [2.24, 2.45) is 5.41 Å². The van der Waals surface area contributed by atoms with Crippen molar-refractivity contribution in [3.8, 4) is 0 Å². The molecule has 14 heavy (non-hydrogen) atoms. The van der Waals surface area contributed by atoms with Crippen LogP contribution in [0.15, 0.2) is 0 Å². The summed E-state index contributed by atoms with van der Waals surface area (Å²) in [6.07, 6.45) is 2.19. The Hall–Kier alpha value is -0.570. The molecular weight excluding hydrogens is 178 g/mol. The van der Waals surface area contributed by atoms with E-state index in [1.807, 2.05) is 25.7 Å². The summed E-state index contributed by atoms with van der Waals surface area (Å²) in [7, 11) is 1.69. The molecule has 82 valence electrons. The second-order valence-corrected chi connectivity index (χ2v) is 5.00. The number of ether oxygens (including phenoxy) is 1. The minimum atomic E-state index is -0.268. The van der Waals surface area contributed by atoms with E-state index < -0.39 is 0 Å². The maximum absolute atomic E-state index is 12.0. The average Bonchev–Trinajstić information content (AvgIpc) is 2.50. The van der Waals surface area contributed by atoms with Crippen LogP contribution in [-0.2, 0) is 9.53 Å². The van der Waals surface area contributed by atoms with Gasteiger partial charge in [0.05, 0.1) is 12.6 Å². The molecule has 3 heteroatoms. The Labute approximate surface area is 86.4 Å². The largest absolute Gasteiger partial charge is 0.383 e. The molecule has 1 saturated heterocycles. The number of carbonyl (C=O) groups is 1. The highest BCUT2D eigenvalue weighted by atomic mass is 16.5. The minimum absolute atomic E-state index is 0.247. The molecule has 0 bridgehead atoms. The van der Waals surface area contributed by atoms with Gasteiger partial charge in [-0.15, -0.1) is 0 Å². The molecule has 1 heterocycles. The van der Waals surface area contributed by atoms with E-state index in [0.717, 1.165) is 19.4 Å². The van der Waals surface area contributed by atoms with Crippen LogP contribution in [-0.4, -0.2) is 37.1 Å². The lowest BCUT2D eigenvalue weighted by molar-refractivity contribution is -0.141. The van der Waals surface area contributed by atoms with Crippen molar-refractivity contribution >= 4 is 5.91 Å². The van der Waals surface area contributed by atoms with E-state index >= 15 is 0 Å². The van der Waals surface area contributed by atoms with Crippen molar-refractivity contribution in [2.75, 3.05) is 20.3 Å². The van der Waals surface area contributed by atoms with Crippen LogP contribution in [0.2, 0.25) is 0 Å². The highest BCUT2D eigenvalue weighted by molar-refractivity contribution is 5.82. The van der Waals surface area contributed by atoms with Gasteiger partial charge in [-0.25, -0.2) is 0 Å². The van der Waals surface area contributed by atoms with E-state index in [-0.39, 0.29) is 11.3 Å². The molecule has 1 atom stereocenters.